The standard InChI is InChI=1S/C27H40N4/c1-3-12-24(13-4-1)26(22-30-18-7-8-19-30)28-16-11-17-29-27(23-31-20-9-10-21-31)25-14-5-2-6-15-25/h1-6,12-15,26-29H,7-11,16-23H2/t26-,27-/m0/s1. The van der Waals surface area contributed by atoms with Gasteiger partial charge in [-0.05, 0) is 82.5 Å². The molecule has 2 aromatic carbocycles. The first-order valence-electron chi connectivity index (χ1n) is 12.4. The van der Waals surface area contributed by atoms with Crippen LogP contribution in [0.25, 0.3) is 0 Å². The molecule has 0 unspecified atom stereocenters. The molecule has 2 aliphatic rings. The Morgan fingerprint density at radius 2 is 0.968 bits per heavy atom. The Kier molecular flexibility index (Phi) is 8.95. The summed E-state index contributed by atoms with van der Waals surface area (Å²) in [7, 11) is 0. The number of rotatable bonds is 12. The maximum Gasteiger partial charge on any atom is 0.0449 e. The molecular weight excluding hydrogens is 380 g/mol. The molecule has 0 aliphatic carbocycles. The highest BCUT2D eigenvalue weighted by Crippen LogP contribution is 2.19. The highest BCUT2D eigenvalue weighted by molar-refractivity contribution is 5.20. The lowest BCUT2D eigenvalue weighted by Gasteiger charge is -2.26. The Morgan fingerprint density at radius 3 is 1.35 bits per heavy atom. The van der Waals surface area contributed by atoms with Gasteiger partial charge in [-0.15, -0.1) is 0 Å². The number of nitrogens with zero attached hydrogens (tertiary/aromatic N) is 2. The topological polar surface area (TPSA) is 30.5 Å². The van der Waals surface area contributed by atoms with Gasteiger partial charge in [0.2, 0.25) is 0 Å². The molecule has 0 bridgehead atoms. The SMILES string of the molecule is c1ccc([C@H](CN2CCCC2)NCCCN[C@@H](CN2CCCC2)c2ccccc2)cc1. The smallest absolute Gasteiger partial charge is 0.0449 e. The molecule has 2 heterocycles. The molecule has 2 aliphatic heterocycles. The molecule has 0 amide bonds. The summed E-state index contributed by atoms with van der Waals surface area (Å²) in [6, 6.07) is 22.8. The van der Waals surface area contributed by atoms with Crippen molar-refractivity contribution < 1.29 is 0 Å². The van der Waals surface area contributed by atoms with Crippen molar-refractivity contribution in [1.82, 2.24) is 20.4 Å². The minimum Gasteiger partial charge on any atom is -0.309 e. The van der Waals surface area contributed by atoms with Gasteiger partial charge in [0.25, 0.3) is 0 Å². The van der Waals surface area contributed by atoms with Crippen molar-refractivity contribution in [2.45, 2.75) is 44.2 Å². The molecule has 4 nitrogen and oxygen atoms in total. The second-order valence-electron chi connectivity index (χ2n) is 9.20. The van der Waals surface area contributed by atoms with Crippen molar-refractivity contribution in [2.75, 3.05) is 52.4 Å². The summed E-state index contributed by atoms with van der Waals surface area (Å²) in [6.07, 6.45) is 6.55. The number of nitrogens with one attached hydrogen (secondary N) is 2. The second kappa shape index (κ2) is 12.4. The van der Waals surface area contributed by atoms with Gasteiger partial charge >= 0.3 is 0 Å². The van der Waals surface area contributed by atoms with Gasteiger partial charge in [0.1, 0.15) is 0 Å². The zero-order chi connectivity index (χ0) is 21.1. The van der Waals surface area contributed by atoms with E-state index >= 15 is 0 Å². The monoisotopic (exact) mass is 420 g/mol. The Hall–Kier alpha value is -1.72. The van der Waals surface area contributed by atoms with Gasteiger partial charge in [0, 0.05) is 25.2 Å². The fraction of sp³-hybridized carbons (Fsp3) is 0.556. The maximum absolute atomic E-state index is 3.86. The number of hydrogen-bond donors (Lipinski definition) is 2. The molecule has 2 atom stereocenters. The van der Waals surface area contributed by atoms with Crippen molar-refractivity contribution in [3.05, 3.63) is 71.8 Å². The van der Waals surface area contributed by atoms with Gasteiger partial charge in [-0.3, -0.25) is 0 Å². The zero-order valence-electron chi connectivity index (χ0n) is 19.0. The minimum absolute atomic E-state index is 0.425. The third-order valence-electron chi connectivity index (χ3n) is 6.82. The lowest BCUT2D eigenvalue weighted by atomic mass is 10.1. The summed E-state index contributed by atoms with van der Waals surface area (Å²) in [5, 5.41) is 7.71. The Labute approximate surface area is 189 Å². The van der Waals surface area contributed by atoms with Crippen molar-refractivity contribution in [1.29, 1.82) is 0 Å². The van der Waals surface area contributed by atoms with Gasteiger partial charge in [-0.2, -0.15) is 0 Å². The lowest BCUT2D eigenvalue weighted by molar-refractivity contribution is 0.285. The van der Waals surface area contributed by atoms with Crippen LogP contribution < -0.4 is 10.6 Å². The quantitative estimate of drug-likeness (QED) is 0.503. The van der Waals surface area contributed by atoms with Crippen molar-refractivity contribution >= 4 is 0 Å². The molecule has 2 saturated heterocycles. The van der Waals surface area contributed by atoms with Crippen LogP contribution in [0.2, 0.25) is 0 Å². The van der Waals surface area contributed by atoms with Gasteiger partial charge < -0.3 is 20.4 Å². The van der Waals surface area contributed by atoms with E-state index in [9.17, 15) is 0 Å². The van der Waals surface area contributed by atoms with E-state index in [-0.39, 0.29) is 0 Å². The van der Waals surface area contributed by atoms with E-state index in [1.165, 1.54) is 63.0 Å². The summed E-state index contributed by atoms with van der Waals surface area (Å²) in [4.78, 5) is 5.23. The van der Waals surface area contributed by atoms with E-state index in [0.717, 1.165) is 32.6 Å². The van der Waals surface area contributed by atoms with Crippen molar-refractivity contribution in [3.8, 4) is 0 Å². The predicted octanol–water partition coefficient (Wildman–Crippen LogP) is 4.23. The molecule has 0 spiro atoms. The first-order chi connectivity index (χ1) is 15.4. The fourth-order valence-corrected chi connectivity index (χ4v) is 5.03. The summed E-state index contributed by atoms with van der Waals surface area (Å²) in [5.41, 5.74) is 2.83. The molecule has 4 rings (SSSR count). The first kappa shape index (κ1) is 22.5. The first-order valence-corrected chi connectivity index (χ1v) is 12.4. The third-order valence-corrected chi connectivity index (χ3v) is 6.82. The molecule has 31 heavy (non-hydrogen) atoms. The van der Waals surface area contributed by atoms with Crippen molar-refractivity contribution in [3.63, 3.8) is 0 Å². The Bertz CT molecular complexity index is 660. The van der Waals surface area contributed by atoms with E-state index in [2.05, 4.69) is 81.1 Å². The van der Waals surface area contributed by atoms with Crippen molar-refractivity contribution in [2.24, 2.45) is 0 Å². The Morgan fingerprint density at radius 1 is 0.581 bits per heavy atom. The normalized spacial score (nSPS) is 19.6. The Balaban J connectivity index is 1.26. The maximum atomic E-state index is 3.86. The molecule has 0 radical (unpaired) electrons. The van der Waals surface area contributed by atoms with Crippen LogP contribution >= 0.6 is 0 Å². The highest BCUT2D eigenvalue weighted by atomic mass is 15.2. The highest BCUT2D eigenvalue weighted by Gasteiger charge is 2.20. The van der Waals surface area contributed by atoms with Crippen LogP contribution in [0.1, 0.15) is 55.3 Å². The van der Waals surface area contributed by atoms with E-state index in [1.807, 2.05) is 0 Å². The van der Waals surface area contributed by atoms with Gasteiger partial charge in [-0.25, -0.2) is 0 Å². The zero-order valence-corrected chi connectivity index (χ0v) is 19.0. The van der Waals surface area contributed by atoms with Gasteiger partial charge in [0.15, 0.2) is 0 Å². The van der Waals surface area contributed by atoms with Crippen LogP contribution in [0.4, 0.5) is 0 Å². The molecule has 0 aromatic heterocycles. The number of hydrogen-bond acceptors (Lipinski definition) is 4. The molecule has 2 N–H and O–H groups in total. The van der Waals surface area contributed by atoms with Gasteiger partial charge in [-0.1, -0.05) is 60.7 Å². The summed E-state index contributed by atoms with van der Waals surface area (Å²) < 4.78 is 0. The molecule has 2 aromatic rings. The number of benzene rings is 2. The fourth-order valence-electron chi connectivity index (χ4n) is 5.03. The third kappa shape index (κ3) is 7.15. The minimum atomic E-state index is 0.425. The van der Waals surface area contributed by atoms with E-state index < -0.39 is 0 Å². The van der Waals surface area contributed by atoms with E-state index in [1.54, 1.807) is 0 Å². The summed E-state index contributed by atoms with van der Waals surface area (Å²) in [6.45, 7) is 9.35. The largest absolute Gasteiger partial charge is 0.309 e. The molecule has 4 heteroatoms. The van der Waals surface area contributed by atoms with Crippen LogP contribution in [0.15, 0.2) is 60.7 Å². The van der Waals surface area contributed by atoms with Crippen LogP contribution in [-0.4, -0.2) is 62.2 Å². The average Bonchev–Trinajstić information content (AvgIpc) is 3.53. The van der Waals surface area contributed by atoms with Crippen LogP contribution in [-0.2, 0) is 0 Å². The van der Waals surface area contributed by atoms with Crippen LogP contribution in [0, 0.1) is 0 Å². The van der Waals surface area contributed by atoms with Gasteiger partial charge in [0.05, 0.1) is 0 Å². The van der Waals surface area contributed by atoms with Crippen LogP contribution in [0.3, 0.4) is 0 Å². The molecule has 168 valence electrons. The molecule has 0 saturated carbocycles. The lowest BCUT2D eigenvalue weighted by Crippen LogP contribution is -2.36. The summed E-state index contributed by atoms with van der Waals surface area (Å²) >= 11 is 0. The number of likely N-dealkylation sites (tertiary alicyclic amines) is 2. The molecular formula is C27H40N4. The van der Waals surface area contributed by atoms with E-state index in [0.29, 0.717) is 12.1 Å². The van der Waals surface area contributed by atoms with Crippen LogP contribution in [0.5, 0.6) is 0 Å². The summed E-state index contributed by atoms with van der Waals surface area (Å²) in [5.74, 6) is 0. The predicted molar refractivity (Wildman–Crippen MR) is 130 cm³/mol. The average molecular weight is 421 g/mol. The second-order valence-corrected chi connectivity index (χ2v) is 9.20. The van der Waals surface area contributed by atoms with E-state index in [4.69, 9.17) is 0 Å². The molecule has 2 fully saturated rings.